The molecule has 2 N–H and O–H groups in total. The van der Waals surface area contributed by atoms with E-state index in [9.17, 15) is 10.1 Å². The minimum absolute atomic E-state index is 0.0897. The van der Waals surface area contributed by atoms with E-state index in [1.165, 1.54) is 12.1 Å². The molecule has 2 unspecified atom stereocenters. The van der Waals surface area contributed by atoms with Gasteiger partial charge in [0.15, 0.2) is 5.96 Å². The van der Waals surface area contributed by atoms with Crippen LogP contribution in [0, 0.1) is 10.1 Å². The van der Waals surface area contributed by atoms with E-state index in [0.29, 0.717) is 19.0 Å². The van der Waals surface area contributed by atoms with E-state index in [0.717, 1.165) is 30.6 Å². The van der Waals surface area contributed by atoms with E-state index in [-0.39, 0.29) is 17.8 Å². The van der Waals surface area contributed by atoms with E-state index in [1.54, 1.807) is 12.1 Å². The van der Waals surface area contributed by atoms with Crippen LogP contribution in [-0.4, -0.2) is 29.6 Å². The molecule has 3 rings (SSSR count). The van der Waals surface area contributed by atoms with E-state index in [1.807, 2.05) is 30.3 Å². The molecule has 148 valence electrons. The summed E-state index contributed by atoms with van der Waals surface area (Å²) >= 11 is 0. The van der Waals surface area contributed by atoms with Crippen molar-refractivity contribution in [2.45, 2.75) is 45.0 Å². The highest BCUT2D eigenvalue weighted by atomic mass is 16.6. The Labute approximate surface area is 165 Å². The topological polar surface area (TPSA) is 88.8 Å². The molecule has 0 amide bonds. The number of hydrogen-bond acceptors (Lipinski definition) is 4. The van der Waals surface area contributed by atoms with Crippen LogP contribution in [0.2, 0.25) is 0 Å². The van der Waals surface area contributed by atoms with E-state index in [4.69, 9.17) is 9.73 Å². The smallest absolute Gasteiger partial charge is 0.269 e. The van der Waals surface area contributed by atoms with Gasteiger partial charge >= 0.3 is 0 Å². The molecule has 0 aliphatic carbocycles. The van der Waals surface area contributed by atoms with Crippen molar-refractivity contribution in [3.8, 4) is 0 Å². The number of benzene rings is 2. The fourth-order valence-corrected chi connectivity index (χ4v) is 3.13. The van der Waals surface area contributed by atoms with Crippen molar-refractivity contribution in [1.29, 1.82) is 0 Å². The first kappa shape index (κ1) is 19.8. The Morgan fingerprint density at radius 2 is 1.96 bits per heavy atom. The molecule has 1 heterocycles. The number of guanidine groups is 1. The summed E-state index contributed by atoms with van der Waals surface area (Å²) in [4.78, 5) is 15.1. The van der Waals surface area contributed by atoms with Gasteiger partial charge in [-0.1, -0.05) is 42.5 Å². The first-order chi connectivity index (χ1) is 13.6. The fourth-order valence-electron chi connectivity index (χ4n) is 3.13. The number of hydrogen-bond donors (Lipinski definition) is 2. The maximum Gasteiger partial charge on any atom is 0.269 e. The Hall–Kier alpha value is -2.93. The maximum atomic E-state index is 10.8. The van der Waals surface area contributed by atoms with Gasteiger partial charge in [0.1, 0.15) is 0 Å². The van der Waals surface area contributed by atoms with Crippen molar-refractivity contribution in [2.24, 2.45) is 4.99 Å². The minimum Gasteiger partial charge on any atom is -0.376 e. The average molecular weight is 382 g/mol. The molecule has 1 aliphatic rings. The lowest BCUT2D eigenvalue weighted by Crippen LogP contribution is -2.46. The quantitative estimate of drug-likeness (QED) is 0.332. The van der Waals surface area contributed by atoms with Crippen LogP contribution in [0.3, 0.4) is 0 Å². The zero-order valence-corrected chi connectivity index (χ0v) is 16.0. The van der Waals surface area contributed by atoms with Crippen molar-refractivity contribution >= 4 is 11.6 Å². The van der Waals surface area contributed by atoms with Crippen LogP contribution in [0.5, 0.6) is 0 Å². The molecule has 0 bridgehead atoms. The Bertz CT molecular complexity index is 787. The van der Waals surface area contributed by atoms with Gasteiger partial charge in [0.05, 0.1) is 23.6 Å². The van der Waals surface area contributed by atoms with Crippen LogP contribution in [-0.2, 0) is 17.8 Å². The van der Waals surface area contributed by atoms with Gasteiger partial charge in [-0.3, -0.25) is 10.1 Å². The summed E-state index contributed by atoms with van der Waals surface area (Å²) in [5.74, 6) is 0.699. The van der Waals surface area contributed by atoms with Crippen LogP contribution >= 0.6 is 0 Å². The summed E-state index contributed by atoms with van der Waals surface area (Å²) in [6.07, 6.45) is 2.31. The molecule has 7 nitrogen and oxygen atoms in total. The molecule has 0 radical (unpaired) electrons. The molecule has 0 aromatic heterocycles. The Kier molecular flexibility index (Phi) is 6.97. The fraction of sp³-hybridized carbons (Fsp3) is 0.381. The Morgan fingerprint density at radius 3 is 2.61 bits per heavy atom. The molecule has 2 aromatic carbocycles. The summed E-state index contributed by atoms with van der Waals surface area (Å²) < 4.78 is 5.77. The maximum absolute atomic E-state index is 10.8. The third-order valence-corrected chi connectivity index (χ3v) is 4.76. The van der Waals surface area contributed by atoms with Crippen molar-refractivity contribution in [1.82, 2.24) is 10.6 Å². The van der Waals surface area contributed by atoms with Gasteiger partial charge in [0.2, 0.25) is 0 Å². The first-order valence-electron chi connectivity index (χ1n) is 9.55. The van der Waals surface area contributed by atoms with Gasteiger partial charge in [-0.2, -0.15) is 0 Å². The third-order valence-electron chi connectivity index (χ3n) is 4.76. The molecule has 7 heteroatoms. The molecule has 1 fully saturated rings. The van der Waals surface area contributed by atoms with Gasteiger partial charge < -0.3 is 15.4 Å². The van der Waals surface area contributed by atoms with Crippen molar-refractivity contribution in [2.75, 3.05) is 6.61 Å². The largest absolute Gasteiger partial charge is 0.376 e. The molecule has 0 saturated carbocycles. The van der Waals surface area contributed by atoms with Gasteiger partial charge in [-0.25, -0.2) is 4.99 Å². The van der Waals surface area contributed by atoms with Gasteiger partial charge in [-0.15, -0.1) is 0 Å². The molecule has 0 spiro atoms. The summed E-state index contributed by atoms with van der Waals surface area (Å²) in [6, 6.07) is 16.7. The lowest BCUT2D eigenvalue weighted by molar-refractivity contribution is -0.384. The zero-order chi connectivity index (χ0) is 19.8. The summed E-state index contributed by atoms with van der Waals surface area (Å²) in [5, 5.41) is 17.6. The predicted octanol–water partition coefficient (Wildman–Crippen LogP) is 3.40. The van der Waals surface area contributed by atoms with Crippen LogP contribution < -0.4 is 10.6 Å². The van der Waals surface area contributed by atoms with E-state index < -0.39 is 4.92 Å². The monoisotopic (exact) mass is 382 g/mol. The second-order valence-electron chi connectivity index (χ2n) is 6.91. The number of nitrogens with zero attached hydrogens (tertiary/aromatic N) is 2. The number of nitro benzene ring substituents is 1. The number of ether oxygens (including phenoxy) is 1. The van der Waals surface area contributed by atoms with Crippen LogP contribution in [0.1, 0.15) is 30.9 Å². The molecule has 2 atom stereocenters. The van der Waals surface area contributed by atoms with Gasteiger partial charge in [-0.05, 0) is 30.9 Å². The number of nitrogens with one attached hydrogen (secondary N) is 2. The first-order valence-corrected chi connectivity index (χ1v) is 9.55. The molecule has 1 aliphatic heterocycles. The average Bonchev–Trinajstić information content (AvgIpc) is 3.26. The summed E-state index contributed by atoms with van der Waals surface area (Å²) in [6.45, 7) is 4.00. The molecular weight excluding hydrogens is 356 g/mol. The highest BCUT2D eigenvalue weighted by Crippen LogP contribution is 2.15. The van der Waals surface area contributed by atoms with Crippen molar-refractivity contribution in [3.05, 3.63) is 75.8 Å². The van der Waals surface area contributed by atoms with E-state index in [2.05, 4.69) is 17.6 Å². The molecular formula is C21H26N4O3. The molecule has 28 heavy (non-hydrogen) atoms. The molecule has 2 aromatic rings. The lowest BCUT2D eigenvalue weighted by atomic mass is 10.1. The highest BCUT2D eigenvalue weighted by molar-refractivity contribution is 5.80. The number of non-ortho nitro benzene ring substituents is 1. The lowest BCUT2D eigenvalue weighted by Gasteiger charge is -2.23. The minimum atomic E-state index is -0.394. The third kappa shape index (κ3) is 5.79. The second-order valence-corrected chi connectivity index (χ2v) is 6.91. The van der Waals surface area contributed by atoms with E-state index >= 15 is 0 Å². The van der Waals surface area contributed by atoms with Crippen molar-refractivity contribution < 1.29 is 9.66 Å². The van der Waals surface area contributed by atoms with Crippen LogP contribution in [0.15, 0.2) is 59.6 Å². The Balaban J connectivity index is 1.64. The molecule has 1 saturated heterocycles. The highest BCUT2D eigenvalue weighted by Gasteiger charge is 2.23. The number of nitro groups is 1. The normalized spacial score (nSPS) is 17.9. The number of aliphatic imine (C=N–C) groups is 1. The second kappa shape index (κ2) is 9.85. The Morgan fingerprint density at radius 1 is 1.21 bits per heavy atom. The van der Waals surface area contributed by atoms with Crippen LogP contribution in [0.25, 0.3) is 0 Å². The predicted molar refractivity (Wildman–Crippen MR) is 109 cm³/mol. The van der Waals surface area contributed by atoms with Crippen LogP contribution in [0.4, 0.5) is 5.69 Å². The van der Waals surface area contributed by atoms with Crippen molar-refractivity contribution in [3.63, 3.8) is 0 Å². The summed E-state index contributed by atoms with van der Waals surface area (Å²) in [5.41, 5.74) is 2.17. The number of rotatable bonds is 7. The van der Waals surface area contributed by atoms with Gasteiger partial charge in [0, 0.05) is 25.3 Å². The van der Waals surface area contributed by atoms with Gasteiger partial charge in [0.25, 0.3) is 5.69 Å². The zero-order valence-electron chi connectivity index (χ0n) is 16.0. The summed E-state index contributed by atoms with van der Waals surface area (Å²) in [7, 11) is 0. The SMILES string of the molecule is CC(NC(=NCc1ccccc1)NCc1ccc([N+](=O)[O-])cc1)C1CCCO1. The standard InChI is InChI=1S/C21H26N4O3/c1-16(20-8-5-13-28-20)24-21(22-14-17-6-3-2-4-7-17)23-15-18-9-11-19(12-10-18)25(26)27/h2-4,6-7,9-12,16,20H,5,8,13-15H2,1H3,(H2,22,23,24).